The van der Waals surface area contributed by atoms with Crippen LogP contribution in [-0.4, -0.2) is 41.7 Å². The Labute approximate surface area is 147 Å². The van der Waals surface area contributed by atoms with E-state index in [2.05, 4.69) is 0 Å². The molecule has 3 rings (SSSR count). The summed E-state index contributed by atoms with van der Waals surface area (Å²) in [6.45, 7) is 1.44. The molecular weight excluding hydrogens is 318 g/mol. The minimum Gasteiger partial charge on any atom is -0.485 e. The minimum atomic E-state index is -0.431. The van der Waals surface area contributed by atoms with Crippen LogP contribution in [0.3, 0.4) is 0 Å². The number of benzene rings is 2. The average molecular weight is 341 g/mol. The topological polar surface area (TPSA) is 59.0 Å². The zero-order valence-corrected chi connectivity index (χ0v) is 14.1. The number of aliphatic hydroxyl groups excluding tert-OH is 1. The van der Waals surface area contributed by atoms with Gasteiger partial charge < -0.3 is 19.5 Å². The number of para-hydroxylation sites is 2. The van der Waals surface area contributed by atoms with Crippen LogP contribution in [0.1, 0.15) is 18.4 Å². The van der Waals surface area contributed by atoms with Crippen LogP contribution in [0.5, 0.6) is 11.5 Å². The molecule has 25 heavy (non-hydrogen) atoms. The van der Waals surface area contributed by atoms with Gasteiger partial charge in [-0.15, -0.1) is 0 Å². The van der Waals surface area contributed by atoms with Gasteiger partial charge in [0.25, 0.3) is 5.91 Å². The van der Waals surface area contributed by atoms with Crippen molar-refractivity contribution < 1.29 is 19.4 Å². The Kier molecular flexibility index (Phi) is 5.90. The van der Waals surface area contributed by atoms with Gasteiger partial charge in [-0.25, -0.2) is 0 Å². The Balaban J connectivity index is 1.56. The molecule has 1 N–H and O–H groups in total. The monoisotopic (exact) mass is 341 g/mol. The molecule has 1 amide bonds. The normalized spacial score (nSPS) is 17.2. The molecule has 0 radical (unpaired) electrons. The number of nitrogens with zero attached hydrogens (tertiary/aromatic N) is 1. The first-order valence-corrected chi connectivity index (χ1v) is 8.57. The second-order valence-corrected chi connectivity index (χ2v) is 6.15. The van der Waals surface area contributed by atoms with E-state index in [0.29, 0.717) is 31.2 Å². The lowest BCUT2D eigenvalue weighted by molar-refractivity contribution is -0.136. The average Bonchev–Trinajstić information content (AvgIpc) is 2.66. The molecule has 1 fully saturated rings. The molecule has 1 saturated heterocycles. The Morgan fingerprint density at radius 2 is 1.72 bits per heavy atom. The number of hydrogen-bond acceptors (Lipinski definition) is 4. The number of likely N-dealkylation sites (tertiary alicyclic amines) is 1. The highest BCUT2D eigenvalue weighted by molar-refractivity contribution is 5.78. The summed E-state index contributed by atoms with van der Waals surface area (Å²) in [4.78, 5) is 13.9. The number of amides is 1. The fourth-order valence-corrected chi connectivity index (χ4v) is 2.84. The van der Waals surface area contributed by atoms with E-state index in [4.69, 9.17) is 9.47 Å². The quantitative estimate of drug-likeness (QED) is 0.877. The van der Waals surface area contributed by atoms with E-state index >= 15 is 0 Å². The zero-order chi connectivity index (χ0) is 17.5. The number of hydrogen-bond donors (Lipinski definition) is 1. The summed E-state index contributed by atoms with van der Waals surface area (Å²) in [5.41, 5.74) is 1.07. The number of rotatable bonds is 6. The molecule has 132 valence electrons. The van der Waals surface area contributed by atoms with Crippen LogP contribution in [0.2, 0.25) is 0 Å². The van der Waals surface area contributed by atoms with Crippen molar-refractivity contribution in [3.8, 4) is 11.5 Å². The molecule has 5 heteroatoms. The van der Waals surface area contributed by atoms with Gasteiger partial charge in [0.2, 0.25) is 0 Å². The molecular formula is C20H23NO4. The number of β-amino-alcohol motifs (C(OH)–C–C–N with tert-alkyl or cyclic N) is 1. The molecule has 1 atom stereocenters. The van der Waals surface area contributed by atoms with Gasteiger partial charge in [0.05, 0.1) is 6.10 Å². The molecule has 5 nitrogen and oxygen atoms in total. The molecule has 1 heterocycles. The van der Waals surface area contributed by atoms with Crippen LogP contribution in [-0.2, 0) is 11.4 Å². The Morgan fingerprint density at radius 1 is 1.04 bits per heavy atom. The van der Waals surface area contributed by atoms with E-state index in [0.717, 1.165) is 18.4 Å². The summed E-state index contributed by atoms with van der Waals surface area (Å²) in [5.74, 6) is 1.04. The Morgan fingerprint density at radius 3 is 2.44 bits per heavy atom. The van der Waals surface area contributed by atoms with E-state index in [1.807, 2.05) is 48.5 Å². The van der Waals surface area contributed by atoms with Crippen molar-refractivity contribution in [3.05, 3.63) is 60.2 Å². The third-order valence-electron chi connectivity index (χ3n) is 4.19. The van der Waals surface area contributed by atoms with Crippen molar-refractivity contribution in [1.29, 1.82) is 0 Å². The smallest absolute Gasteiger partial charge is 0.260 e. The predicted octanol–water partition coefficient (Wildman–Crippen LogP) is 2.63. The standard InChI is InChI=1S/C20H23NO4/c22-17-9-6-12-21(13-17)20(23)15-25-19-11-5-4-10-18(19)24-14-16-7-2-1-3-8-16/h1-5,7-8,10-11,17,22H,6,9,12-15H2/t17-/m0/s1. The maximum absolute atomic E-state index is 12.3. The summed E-state index contributed by atoms with van der Waals surface area (Å²) in [5, 5.41) is 9.68. The van der Waals surface area contributed by atoms with Gasteiger partial charge in [-0.3, -0.25) is 4.79 Å². The summed E-state index contributed by atoms with van der Waals surface area (Å²) in [6.07, 6.45) is 1.14. The molecule has 0 unspecified atom stereocenters. The maximum atomic E-state index is 12.3. The minimum absolute atomic E-state index is 0.0571. The van der Waals surface area contributed by atoms with Crippen LogP contribution in [0.15, 0.2) is 54.6 Å². The SMILES string of the molecule is O=C(COc1ccccc1OCc1ccccc1)N1CCC[C@H](O)C1. The van der Waals surface area contributed by atoms with E-state index < -0.39 is 6.10 Å². The van der Waals surface area contributed by atoms with Gasteiger partial charge in [0.1, 0.15) is 6.61 Å². The van der Waals surface area contributed by atoms with Crippen molar-refractivity contribution in [2.75, 3.05) is 19.7 Å². The molecule has 0 spiro atoms. The fourth-order valence-electron chi connectivity index (χ4n) is 2.84. The molecule has 2 aromatic carbocycles. The number of ether oxygens (including phenoxy) is 2. The Bertz CT molecular complexity index is 689. The van der Waals surface area contributed by atoms with Crippen LogP contribution in [0, 0.1) is 0 Å². The summed E-state index contributed by atoms with van der Waals surface area (Å²) in [6, 6.07) is 17.2. The second kappa shape index (κ2) is 8.53. The largest absolute Gasteiger partial charge is 0.485 e. The fraction of sp³-hybridized carbons (Fsp3) is 0.350. The molecule has 1 aliphatic heterocycles. The zero-order valence-electron chi connectivity index (χ0n) is 14.1. The van der Waals surface area contributed by atoms with E-state index in [1.54, 1.807) is 11.0 Å². The lowest BCUT2D eigenvalue weighted by atomic mass is 10.1. The van der Waals surface area contributed by atoms with Crippen molar-refractivity contribution in [1.82, 2.24) is 4.90 Å². The first-order valence-electron chi connectivity index (χ1n) is 8.57. The molecule has 0 aliphatic carbocycles. The number of carbonyl (C=O) groups excluding carboxylic acids is 1. The van der Waals surface area contributed by atoms with Crippen molar-refractivity contribution >= 4 is 5.91 Å². The highest BCUT2D eigenvalue weighted by Gasteiger charge is 2.22. The predicted molar refractivity (Wildman–Crippen MR) is 94.5 cm³/mol. The third kappa shape index (κ3) is 4.97. The highest BCUT2D eigenvalue weighted by atomic mass is 16.5. The van der Waals surface area contributed by atoms with E-state index in [1.165, 1.54) is 0 Å². The van der Waals surface area contributed by atoms with Crippen molar-refractivity contribution in [2.24, 2.45) is 0 Å². The second-order valence-electron chi connectivity index (χ2n) is 6.15. The lowest BCUT2D eigenvalue weighted by Crippen LogP contribution is -2.44. The number of carbonyl (C=O) groups is 1. The lowest BCUT2D eigenvalue weighted by Gasteiger charge is -2.30. The van der Waals surface area contributed by atoms with Gasteiger partial charge >= 0.3 is 0 Å². The Hall–Kier alpha value is -2.53. The van der Waals surface area contributed by atoms with Crippen LogP contribution >= 0.6 is 0 Å². The first-order chi connectivity index (χ1) is 12.2. The number of aliphatic hydroxyl groups is 1. The molecule has 2 aromatic rings. The van der Waals surface area contributed by atoms with Crippen LogP contribution < -0.4 is 9.47 Å². The maximum Gasteiger partial charge on any atom is 0.260 e. The molecule has 0 saturated carbocycles. The van der Waals surface area contributed by atoms with E-state index in [9.17, 15) is 9.90 Å². The first kappa shape index (κ1) is 17.3. The third-order valence-corrected chi connectivity index (χ3v) is 4.19. The van der Waals surface area contributed by atoms with Crippen LogP contribution in [0.4, 0.5) is 0 Å². The molecule has 0 aromatic heterocycles. The highest BCUT2D eigenvalue weighted by Crippen LogP contribution is 2.27. The summed E-state index contributed by atoms with van der Waals surface area (Å²) >= 11 is 0. The van der Waals surface area contributed by atoms with Gasteiger partial charge in [0.15, 0.2) is 18.1 Å². The summed E-state index contributed by atoms with van der Waals surface area (Å²) in [7, 11) is 0. The van der Waals surface area contributed by atoms with Gasteiger partial charge in [-0.1, -0.05) is 42.5 Å². The van der Waals surface area contributed by atoms with Gasteiger partial charge in [0, 0.05) is 13.1 Å². The van der Waals surface area contributed by atoms with Gasteiger partial charge in [-0.05, 0) is 30.5 Å². The summed E-state index contributed by atoms with van der Waals surface area (Å²) < 4.78 is 11.5. The van der Waals surface area contributed by atoms with Crippen molar-refractivity contribution in [2.45, 2.75) is 25.6 Å². The number of piperidine rings is 1. The van der Waals surface area contributed by atoms with Crippen molar-refractivity contribution in [3.63, 3.8) is 0 Å². The molecule has 1 aliphatic rings. The van der Waals surface area contributed by atoms with Crippen LogP contribution in [0.25, 0.3) is 0 Å². The van der Waals surface area contributed by atoms with E-state index in [-0.39, 0.29) is 12.5 Å². The molecule has 0 bridgehead atoms. The van der Waals surface area contributed by atoms with Gasteiger partial charge in [-0.2, -0.15) is 0 Å².